The van der Waals surface area contributed by atoms with E-state index in [1.54, 1.807) is 11.3 Å². The fourth-order valence-electron chi connectivity index (χ4n) is 1.59. The number of hydrogen-bond acceptors (Lipinski definition) is 6. The summed E-state index contributed by atoms with van der Waals surface area (Å²) >= 11 is 1.61. The normalized spacial score (nSPS) is 11.4. The fraction of sp³-hybridized carbons (Fsp3) is 0.833. The van der Waals surface area contributed by atoms with Crippen LogP contribution in [0.4, 0.5) is 5.13 Å². The van der Waals surface area contributed by atoms with Gasteiger partial charge in [0.05, 0.1) is 6.54 Å². The summed E-state index contributed by atoms with van der Waals surface area (Å²) in [7, 11) is 0. The van der Waals surface area contributed by atoms with Gasteiger partial charge in [-0.3, -0.25) is 4.90 Å². The van der Waals surface area contributed by atoms with E-state index in [9.17, 15) is 0 Å². The van der Waals surface area contributed by atoms with Crippen molar-refractivity contribution in [1.82, 2.24) is 15.1 Å². The van der Waals surface area contributed by atoms with Crippen molar-refractivity contribution in [3.8, 4) is 0 Å². The maximum Gasteiger partial charge on any atom is 0.205 e. The molecule has 0 aromatic carbocycles. The van der Waals surface area contributed by atoms with Crippen LogP contribution in [-0.4, -0.2) is 45.9 Å². The quantitative estimate of drug-likeness (QED) is 0.719. The number of rotatable bonds is 9. The smallest absolute Gasteiger partial charge is 0.205 e. The highest BCUT2D eigenvalue weighted by Crippen LogP contribution is 2.18. The molecule has 6 heteroatoms. The van der Waals surface area contributed by atoms with Crippen LogP contribution in [0.5, 0.6) is 0 Å². The molecule has 0 unspecified atom stereocenters. The van der Waals surface area contributed by atoms with Gasteiger partial charge >= 0.3 is 0 Å². The van der Waals surface area contributed by atoms with Crippen molar-refractivity contribution in [3.63, 3.8) is 0 Å². The molecule has 0 saturated carbocycles. The molecule has 0 aliphatic carbocycles. The van der Waals surface area contributed by atoms with E-state index in [1.807, 2.05) is 0 Å². The van der Waals surface area contributed by atoms with Gasteiger partial charge in [0, 0.05) is 25.7 Å². The molecule has 18 heavy (non-hydrogen) atoms. The lowest BCUT2D eigenvalue weighted by Crippen LogP contribution is -2.31. The van der Waals surface area contributed by atoms with Gasteiger partial charge in [-0.15, -0.1) is 10.2 Å². The SMILES string of the molecule is CCCNc1nnc(CN(CCCO)C(C)C)s1. The van der Waals surface area contributed by atoms with Crippen LogP contribution in [0.3, 0.4) is 0 Å². The molecule has 0 radical (unpaired) electrons. The van der Waals surface area contributed by atoms with Crippen LogP contribution in [0.1, 0.15) is 38.6 Å². The lowest BCUT2D eigenvalue weighted by atomic mass is 10.3. The van der Waals surface area contributed by atoms with Gasteiger partial charge in [0.25, 0.3) is 0 Å². The van der Waals surface area contributed by atoms with Crippen molar-refractivity contribution in [3.05, 3.63) is 5.01 Å². The zero-order valence-corrected chi connectivity index (χ0v) is 12.3. The van der Waals surface area contributed by atoms with Gasteiger partial charge in [-0.05, 0) is 26.7 Å². The molecule has 0 atom stereocenters. The number of anilines is 1. The third-order valence-electron chi connectivity index (χ3n) is 2.67. The highest BCUT2D eigenvalue weighted by atomic mass is 32.1. The van der Waals surface area contributed by atoms with Crippen molar-refractivity contribution in [1.29, 1.82) is 0 Å². The van der Waals surface area contributed by atoms with Gasteiger partial charge in [0.15, 0.2) is 0 Å². The molecule has 104 valence electrons. The summed E-state index contributed by atoms with van der Waals surface area (Å²) in [6.45, 7) is 9.33. The number of hydrogen-bond donors (Lipinski definition) is 2. The van der Waals surface area contributed by atoms with Crippen molar-refractivity contribution in [2.24, 2.45) is 0 Å². The second-order valence-corrected chi connectivity index (χ2v) is 5.63. The zero-order valence-electron chi connectivity index (χ0n) is 11.5. The van der Waals surface area contributed by atoms with Crippen molar-refractivity contribution < 1.29 is 5.11 Å². The molecular weight excluding hydrogens is 248 g/mol. The predicted molar refractivity (Wildman–Crippen MR) is 75.9 cm³/mol. The van der Waals surface area contributed by atoms with E-state index in [0.29, 0.717) is 6.04 Å². The molecular formula is C12H24N4OS. The first-order valence-corrected chi connectivity index (χ1v) is 7.40. The summed E-state index contributed by atoms with van der Waals surface area (Å²) in [5.41, 5.74) is 0. The number of aliphatic hydroxyl groups excluding tert-OH is 1. The molecule has 0 bridgehead atoms. The van der Waals surface area contributed by atoms with Gasteiger partial charge in [-0.25, -0.2) is 0 Å². The summed E-state index contributed by atoms with van der Waals surface area (Å²) < 4.78 is 0. The summed E-state index contributed by atoms with van der Waals surface area (Å²) in [4.78, 5) is 2.31. The number of aromatic nitrogens is 2. The lowest BCUT2D eigenvalue weighted by molar-refractivity contribution is 0.184. The molecule has 0 fully saturated rings. The van der Waals surface area contributed by atoms with Gasteiger partial charge in [-0.2, -0.15) is 0 Å². The Labute approximate surface area is 113 Å². The minimum absolute atomic E-state index is 0.239. The summed E-state index contributed by atoms with van der Waals surface area (Å²) in [5, 5.41) is 22.4. The Balaban J connectivity index is 2.49. The van der Waals surface area contributed by atoms with Gasteiger partial charge in [0.2, 0.25) is 5.13 Å². The topological polar surface area (TPSA) is 61.3 Å². The molecule has 0 amide bonds. The molecule has 0 saturated heterocycles. The summed E-state index contributed by atoms with van der Waals surface area (Å²) in [6, 6.07) is 0.451. The van der Waals surface area contributed by atoms with Crippen LogP contribution in [-0.2, 0) is 6.54 Å². The Kier molecular flexibility index (Phi) is 7.15. The fourth-order valence-corrected chi connectivity index (χ4v) is 2.38. The van der Waals surface area contributed by atoms with Crippen LogP contribution < -0.4 is 5.32 Å². The Morgan fingerprint density at radius 1 is 1.39 bits per heavy atom. The maximum absolute atomic E-state index is 8.90. The second kappa shape index (κ2) is 8.39. The Hall–Kier alpha value is -0.720. The second-order valence-electron chi connectivity index (χ2n) is 4.57. The molecule has 2 N–H and O–H groups in total. The molecule has 0 aliphatic heterocycles. The minimum atomic E-state index is 0.239. The Morgan fingerprint density at radius 3 is 2.78 bits per heavy atom. The zero-order chi connectivity index (χ0) is 13.4. The van der Waals surface area contributed by atoms with Crippen molar-refractivity contribution >= 4 is 16.5 Å². The van der Waals surface area contributed by atoms with Gasteiger partial charge in [-0.1, -0.05) is 18.3 Å². The molecule has 1 aromatic heterocycles. The van der Waals surface area contributed by atoms with Gasteiger partial charge < -0.3 is 10.4 Å². The molecule has 1 aromatic rings. The van der Waals surface area contributed by atoms with Crippen LogP contribution in [0.15, 0.2) is 0 Å². The van der Waals surface area contributed by atoms with Gasteiger partial charge in [0.1, 0.15) is 5.01 Å². The van der Waals surface area contributed by atoms with Crippen LogP contribution >= 0.6 is 11.3 Å². The highest BCUT2D eigenvalue weighted by molar-refractivity contribution is 7.15. The molecule has 1 heterocycles. The third-order valence-corrected chi connectivity index (χ3v) is 3.53. The minimum Gasteiger partial charge on any atom is -0.396 e. The first kappa shape index (κ1) is 15.3. The third kappa shape index (κ3) is 5.29. The largest absolute Gasteiger partial charge is 0.396 e. The average Bonchev–Trinajstić information content (AvgIpc) is 2.79. The van der Waals surface area contributed by atoms with E-state index in [1.165, 1.54) is 0 Å². The van der Waals surface area contributed by atoms with E-state index in [0.717, 1.165) is 42.6 Å². The molecule has 5 nitrogen and oxygen atoms in total. The van der Waals surface area contributed by atoms with E-state index in [2.05, 4.69) is 41.2 Å². The molecule has 1 rings (SSSR count). The monoisotopic (exact) mass is 272 g/mol. The van der Waals surface area contributed by atoms with Crippen LogP contribution in [0.2, 0.25) is 0 Å². The molecule has 0 aliphatic rings. The predicted octanol–water partition coefficient (Wildman–Crippen LogP) is 1.95. The lowest BCUT2D eigenvalue weighted by Gasteiger charge is -2.24. The first-order valence-electron chi connectivity index (χ1n) is 6.58. The van der Waals surface area contributed by atoms with E-state index < -0.39 is 0 Å². The standard InChI is InChI=1S/C12H24N4OS/c1-4-6-13-12-15-14-11(18-12)9-16(10(2)3)7-5-8-17/h10,17H,4-9H2,1-3H3,(H,13,15). The maximum atomic E-state index is 8.90. The Bertz CT molecular complexity index is 330. The summed E-state index contributed by atoms with van der Waals surface area (Å²) in [6.07, 6.45) is 1.89. The van der Waals surface area contributed by atoms with E-state index in [-0.39, 0.29) is 6.61 Å². The first-order chi connectivity index (χ1) is 8.67. The van der Waals surface area contributed by atoms with Crippen LogP contribution in [0.25, 0.3) is 0 Å². The Morgan fingerprint density at radius 2 is 2.17 bits per heavy atom. The van der Waals surface area contributed by atoms with E-state index >= 15 is 0 Å². The highest BCUT2D eigenvalue weighted by Gasteiger charge is 2.12. The number of nitrogens with one attached hydrogen (secondary N) is 1. The van der Waals surface area contributed by atoms with Crippen molar-refractivity contribution in [2.75, 3.05) is 25.0 Å². The van der Waals surface area contributed by atoms with Crippen LogP contribution in [0, 0.1) is 0 Å². The number of nitrogens with zero attached hydrogens (tertiary/aromatic N) is 3. The van der Waals surface area contributed by atoms with E-state index in [4.69, 9.17) is 5.11 Å². The molecule has 0 spiro atoms. The summed E-state index contributed by atoms with van der Waals surface area (Å²) in [5.74, 6) is 0. The van der Waals surface area contributed by atoms with Crippen molar-refractivity contribution in [2.45, 2.75) is 46.2 Å². The number of aliphatic hydroxyl groups is 1. The average molecular weight is 272 g/mol.